The van der Waals surface area contributed by atoms with E-state index in [0.717, 1.165) is 34.6 Å². The minimum Gasteiger partial charge on any atom is -0.494 e. The van der Waals surface area contributed by atoms with Crippen molar-refractivity contribution in [1.82, 2.24) is 20.5 Å². The summed E-state index contributed by atoms with van der Waals surface area (Å²) in [5.74, 6) is -0.571. The smallest absolute Gasteiger partial charge is 0.417 e. The molecule has 1 aromatic heterocycles. The number of carbonyl (C=O) groups excluding carboxylic acids is 4. The van der Waals surface area contributed by atoms with Crippen LogP contribution in [0.1, 0.15) is 82.4 Å². The van der Waals surface area contributed by atoms with E-state index in [1.165, 1.54) is 17.4 Å². The first-order chi connectivity index (χ1) is 33.4. The summed E-state index contributed by atoms with van der Waals surface area (Å²) >= 11 is 5.72. The number of hydrogen-bond donors (Lipinski definition) is 3. The fourth-order valence-corrected chi connectivity index (χ4v) is 9.17. The van der Waals surface area contributed by atoms with Crippen molar-refractivity contribution in [3.63, 3.8) is 0 Å². The van der Waals surface area contributed by atoms with Gasteiger partial charge in [-0.25, -0.2) is 4.98 Å². The molecular formula is C50H56F3N7O9S. The van der Waals surface area contributed by atoms with Gasteiger partial charge in [0.25, 0.3) is 5.91 Å². The lowest BCUT2D eigenvalue weighted by Crippen LogP contribution is -2.58. The number of oxazole rings is 1. The molecule has 0 bridgehead atoms. The third-order valence-corrected chi connectivity index (χ3v) is 12.9. The van der Waals surface area contributed by atoms with E-state index in [4.69, 9.17) is 30.8 Å². The van der Waals surface area contributed by atoms with Crippen LogP contribution in [0.3, 0.4) is 0 Å². The number of rotatable bonds is 20. The Morgan fingerprint density at radius 3 is 2.30 bits per heavy atom. The maximum absolute atomic E-state index is 13.9. The number of anilines is 2. The molecule has 1 aliphatic carbocycles. The topological polar surface area (TPSA) is 200 Å². The number of amides is 4. The molecule has 3 aromatic carbocycles. The Bertz CT molecular complexity index is 2540. The molecule has 0 unspecified atom stereocenters. The van der Waals surface area contributed by atoms with Crippen molar-refractivity contribution >= 4 is 52.3 Å². The number of aliphatic hydroxyl groups is 1. The molecule has 1 spiro atoms. The molecule has 1 saturated carbocycles. The number of aliphatic hydroxyl groups excluding tert-OH is 1. The number of likely N-dealkylation sites (tertiary alicyclic amines) is 1. The number of carbonyl (C=O) groups is 4. The Labute approximate surface area is 409 Å². The second-order valence-electron chi connectivity index (χ2n) is 18.6. The number of aromatic nitrogens is 1. The zero-order valence-corrected chi connectivity index (χ0v) is 39.9. The number of halogens is 3. The summed E-state index contributed by atoms with van der Waals surface area (Å²) in [7, 11) is 0. The molecule has 2 saturated heterocycles. The fourth-order valence-electron chi connectivity index (χ4n) is 8.70. The molecule has 3 fully saturated rings. The molecule has 0 radical (unpaired) electrons. The van der Waals surface area contributed by atoms with Crippen LogP contribution < -0.4 is 25.2 Å². The highest BCUT2D eigenvalue weighted by Gasteiger charge is 2.59. The molecule has 4 aromatic rings. The van der Waals surface area contributed by atoms with Gasteiger partial charge >= 0.3 is 6.18 Å². The third kappa shape index (κ3) is 11.8. The Kier molecular flexibility index (Phi) is 16.3. The van der Waals surface area contributed by atoms with Gasteiger partial charge in [0.1, 0.15) is 30.0 Å². The number of hydrogen-bond acceptors (Lipinski definition) is 12. The Balaban J connectivity index is 0.783. The van der Waals surface area contributed by atoms with Gasteiger partial charge in [0, 0.05) is 50.6 Å². The number of alkyl halides is 3. The van der Waals surface area contributed by atoms with E-state index < -0.39 is 70.1 Å². The van der Waals surface area contributed by atoms with Crippen molar-refractivity contribution in [3.8, 4) is 23.1 Å². The fraction of sp³-hybridized carbons (Fsp3) is 0.460. The standard InChI is InChI=1S/C50H56F3N7O9S/c1-48(2,3)43(45(64)58-29-37(61)25-40(58)44(63)56-27-32-8-10-33(11-9-32)41-28-55-31-69-41)57-42(62)30-67-22-7-21-66-20-4-5-23-68-38-16-14-35(15-17-38)60-47(70)59(46(65)49(60)18-6-19-49)36-13-12-34(26-54)39(24-36)50(51,52)53/h8-17,24,28,31,37,40,43,61H,4-7,18-23,25,27,29-30H2,1-3H3,(H,56,63)(H,57,62)/t37-,40+,43-/m1/s1. The molecule has 3 aliphatic rings. The number of thiocarbonyl (C=S) groups is 1. The first-order valence-corrected chi connectivity index (χ1v) is 23.5. The van der Waals surface area contributed by atoms with Gasteiger partial charge in [-0.15, -0.1) is 0 Å². The molecule has 20 heteroatoms. The van der Waals surface area contributed by atoms with Crippen LogP contribution in [0.15, 0.2) is 83.7 Å². The molecular weight excluding hydrogens is 932 g/mol. The van der Waals surface area contributed by atoms with Crippen molar-refractivity contribution in [3.05, 3.63) is 96.0 Å². The summed E-state index contributed by atoms with van der Waals surface area (Å²) in [4.78, 5) is 62.2. The molecule has 7 rings (SSSR count). The monoisotopic (exact) mass is 987 g/mol. The first-order valence-electron chi connectivity index (χ1n) is 23.1. The highest BCUT2D eigenvalue weighted by atomic mass is 32.1. The molecule has 4 amide bonds. The van der Waals surface area contributed by atoms with E-state index in [2.05, 4.69) is 15.6 Å². The lowest BCUT2D eigenvalue weighted by molar-refractivity contribution is -0.144. The summed E-state index contributed by atoms with van der Waals surface area (Å²) in [5.41, 5.74) is -1.18. The minimum atomic E-state index is -4.79. The van der Waals surface area contributed by atoms with Crippen LogP contribution in [0.2, 0.25) is 0 Å². The van der Waals surface area contributed by atoms with Gasteiger partial charge in [0.2, 0.25) is 17.7 Å². The van der Waals surface area contributed by atoms with Crippen molar-refractivity contribution in [2.75, 3.05) is 49.4 Å². The summed E-state index contributed by atoms with van der Waals surface area (Å²) in [5, 5.41) is 25.5. The van der Waals surface area contributed by atoms with Gasteiger partial charge in [-0.3, -0.25) is 24.1 Å². The summed E-state index contributed by atoms with van der Waals surface area (Å²) < 4.78 is 63.9. The molecule has 3 N–H and O–H groups in total. The van der Waals surface area contributed by atoms with E-state index in [0.29, 0.717) is 69.1 Å². The van der Waals surface area contributed by atoms with E-state index >= 15 is 0 Å². The quantitative estimate of drug-likeness (QED) is 0.0626. The second kappa shape index (κ2) is 22.1. The minimum absolute atomic E-state index is 0.0440. The second-order valence-corrected chi connectivity index (χ2v) is 19.0. The number of unbranched alkanes of at least 4 members (excludes halogenated alkanes) is 1. The zero-order valence-electron chi connectivity index (χ0n) is 39.1. The number of nitrogens with zero attached hydrogens (tertiary/aromatic N) is 5. The average Bonchev–Trinajstić information content (AvgIpc) is 4.05. The Morgan fingerprint density at radius 1 is 0.971 bits per heavy atom. The maximum Gasteiger partial charge on any atom is 0.417 e. The number of β-amino-alcohol motifs (C(OH)–C–C–N with tert-alkyl or cyclic N) is 1. The summed E-state index contributed by atoms with van der Waals surface area (Å²) in [6.45, 7) is 6.83. The molecule has 16 nitrogen and oxygen atoms in total. The Hall–Kier alpha value is -6.40. The van der Waals surface area contributed by atoms with Gasteiger partial charge in [-0.05, 0) is 104 Å². The van der Waals surface area contributed by atoms with Crippen LogP contribution >= 0.6 is 12.2 Å². The van der Waals surface area contributed by atoms with Crippen LogP contribution in [0, 0.1) is 16.7 Å². The van der Waals surface area contributed by atoms with E-state index in [1.54, 1.807) is 41.4 Å². The molecule has 3 atom stereocenters. The third-order valence-electron chi connectivity index (χ3n) is 12.6. The zero-order chi connectivity index (χ0) is 50.2. The van der Waals surface area contributed by atoms with Crippen LogP contribution in [0.5, 0.6) is 5.75 Å². The van der Waals surface area contributed by atoms with E-state index in [-0.39, 0.29) is 43.5 Å². The van der Waals surface area contributed by atoms with Crippen molar-refractivity contribution in [1.29, 1.82) is 5.26 Å². The number of nitrogens with one attached hydrogen (secondary N) is 2. The SMILES string of the molecule is CC(C)(C)[C@H](NC(=O)COCCCOCCCCOc1ccc(N2C(=S)N(c3ccc(C#N)c(C(F)(F)F)c3)C(=O)C23CCC3)cc1)C(=O)N1C[C@H](O)C[C@H]1C(=O)NCc1ccc(-c2cnco2)cc1. The Morgan fingerprint density at radius 2 is 1.66 bits per heavy atom. The first kappa shape index (κ1) is 51.5. The average molecular weight is 988 g/mol. The highest BCUT2D eigenvalue weighted by Crippen LogP contribution is 2.48. The van der Waals surface area contributed by atoms with Gasteiger partial charge in [0.05, 0.1) is 41.8 Å². The van der Waals surface area contributed by atoms with Crippen LogP contribution in [-0.4, -0.2) is 107 Å². The predicted octanol–water partition coefficient (Wildman–Crippen LogP) is 6.68. The normalized spacial score (nSPS) is 18.2. The summed E-state index contributed by atoms with van der Waals surface area (Å²) in [6.07, 6.45) is 0.999. The highest BCUT2D eigenvalue weighted by molar-refractivity contribution is 7.81. The van der Waals surface area contributed by atoms with Crippen LogP contribution in [0.4, 0.5) is 24.5 Å². The van der Waals surface area contributed by atoms with E-state index in [9.17, 15) is 42.7 Å². The molecule has 2 aliphatic heterocycles. The van der Waals surface area contributed by atoms with Crippen molar-refractivity contribution in [2.45, 2.75) is 102 Å². The molecule has 372 valence electrons. The maximum atomic E-state index is 13.9. The van der Waals surface area contributed by atoms with Crippen molar-refractivity contribution < 1.29 is 56.1 Å². The number of ether oxygens (including phenoxy) is 3. The predicted molar refractivity (Wildman–Crippen MR) is 254 cm³/mol. The van der Waals surface area contributed by atoms with E-state index in [1.807, 2.05) is 45.0 Å². The van der Waals surface area contributed by atoms with Crippen molar-refractivity contribution in [2.24, 2.45) is 5.41 Å². The van der Waals surface area contributed by atoms with Gasteiger partial charge in [-0.1, -0.05) is 45.0 Å². The largest absolute Gasteiger partial charge is 0.494 e. The molecule has 3 heterocycles. The van der Waals surface area contributed by atoms with Crippen LogP contribution in [0.25, 0.3) is 11.3 Å². The van der Waals surface area contributed by atoms with Gasteiger partial charge < -0.3 is 44.2 Å². The summed E-state index contributed by atoms with van der Waals surface area (Å²) in [6, 6.07) is 17.2. The van der Waals surface area contributed by atoms with Gasteiger partial charge in [0.15, 0.2) is 17.3 Å². The van der Waals surface area contributed by atoms with Gasteiger partial charge in [-0.2, -0.15) is 18.4 Å². The lowest BCUT2D eigenvalue weighted by Gasteiger charge is -2.43. The molecule has 70 heavy (non-hydrogen) atoms. The number of nitriles is 1. The number of benzene rings is 3. The lowest BCUT2D eigenvalue weighted by atomic mass is 9.75. The van der Waals surface area contributed by atoms with Crippen LogP contribution in [-0.2, 0) is 41.4 Å².